The van der Waals surface area contributed by atoms with Crippen molar-refractivity contribution in [3.05, 3.63) is 46.9 Å². The fraction of sp³-hybridized carbons (Fsp3) is 0.429. The fourth-order valence-corrected chi connectivity index (χ4v) is 3.28. The molecule has 4 nitrogen and oxygen atoms in total. The van der Waals surface area contributed by atoms with Gasteiger partial charge in [0.1, 0.15) is 0 Å². The summed E-state index contributed by atoms with van der Waals surface area (Å²) in [6.07, 6.45) is 10.1. The van der Waals surface area contributed by atoms with Gasteiger partial charge in [0.05, 0.1) is 0 Å². The van der Waals surface area contributed by atoms with Gasteiger partial charge in [0.2, 0.25) is 0 Å². The average Bonchev–Trinajstić information content (AvgIpc) is 2.71. The van der Waals surface area contributed by atoms with E-state index in [1.54, 1.807) is 11.6 Å². The van der Waals surface area contributed by atoms with Crippen LogP contribution in [0.25, 0.3) is 17.8 Å². The zero-order valence-electron chi connectivity index (χ0n) is 15.9. The summed E-state index contributed by atoms with van der Waals surface area (Å²) in [5.41, 5.74) is 4.79. The summed E-state index contributed by atoms with van der Waals surface area (Å²) in [4.78, 5) is 0. The summed E-state index contributed by atoms with van der Waals surface area (Å²) in [7, 11) is 0. The highest BCUT2D eigenvalue weighted by Crippen LogP contribution is 2.18. The summed E-state index contributed by atoms with van der Waals surface area (Å²) in [6, 6.07) is 4.76. The molecule has 3 rings (SSSR count). The second kappa shape index (κ2) is 10.8. The van der Waals surface area contributed by atoms with Crippen molar-refractivity contribution in [2.24, 2.45) is 0 Å². The molecule has 26 heavy (non-hydrogen) atoms. The van der Waals surface area contributed by atoms with Crippen LogP contribution in [-0.2, 0) is 0 Å². The van der Waals surface area contributed by atoms with E-state index >= 15 is 0 Å². The van der Waals surface area contributed by atoms with Gasteiger partial charge < -0.3 is 16.0 Å². The molecule has 2 heterocycles. The number of rotatable bonds is 6. The van der Waals surface area contributed by atoms with Crippen LogP contribution < -0.4 is 31.9 Å². The summed E-state index contributed by atoms with van der Waals surface area (Å²) in [6.45, 7) is 11.0. The molecule has 2 aliphatic rings. The highest BCUT2D eigenvalue weighted by atomic mass is 19.2. The number of nitrogens with one attached hydrogen (secondary N) is 4. The van der Waals surface area contributed by atoms with E-state index in [1.165, 1.54) is 10.4 Å². The van der Waals surface area contributed by atoms with Gasteiger partial charge in [-0.25, -0.2) is 0 Å². The molecule has 0 amide bonds. The number of benzene rings is 1. The van der Waals surface area contributed by atoms with Crippen LogP contribution in [0.15, 0.2) is 30.9 Å². The van der Waals surface area contributed by atoms with Gasteiger partial charge in [-0.05, 0) is 54.4 Å². The van der Waals surface area contributed by atoms with Gasteiger partial charge in [0.25, 0.3) is 0 Å². The topological polar surface area (TPSA) is 48.1 Å². The van der Waals surface area contributed by atoms with E-state index in [0.29, 0.717) is 6.04 Å². The molecule has 5 heteroatoms. The Labute approximate surface area is 155 Å². The van der Waals surface area contributed by atoms with Crippen LogP contribution in [0.2, 0.25) is 0 Å². The molecule has 0 aliphatic carbocycles. The van der Waals surface area contributed by atoms with Crippen LogP contribution in [0.1, 0.15) is 32.3 Å². The molecule has 2 aliphatic heterocycles. The molecule has 0 spiro atoms. The van der Waals surface area contributed by atoms with E-state index in [9.17, 15) is 4.48 Å². The quantitative estimate of drug-likeness (QED) is 0.464. The molecule has 1 saturated heterocycles. The van der Waals surface area contributed by atoms with Crippen LogP contribution in [-0.4, -0.2) is 32.2 Å². The maximum atomic E-state index is 12.3. The van der Waals surface area contributed by atoms with Gasteiger partial charge in [-0.1, -0.05) is 38.7 Å². The molecule has 0 aromatic heterocycles. The molecule has 0 saturated carbocycles. The Morgan fingerprint density at radius 1 is 1.31 bits per heavy atom. The zero-order chi connectivity index (χ0) is 18.8. The molecule has 4 N–H and O–H groups in total. The monoisotopic (exact) mass is 358 g/mol. The Bertz CT molecular complexity index is 733. The number of anilines is 1. The van der Waals surface area contributed by atoms with Crippen molar-refractivity contribution >= 4 is 23.5 Å². The first kappa shape index (κ1) is 20.2. The van der Waals surface area contributed by atoms with Crippen molar-refractivity contribution in [2.75, 3.05) is 31.5 Å². The van der Waals surface area contributed by atoms with Crippen molar-refractivity contribution in [3.63, 3.8) is 0 Å². The van der Waals surface area contributed by atoms with Crippen molar-refractivity contribution in [3.8, 4) is 0 Å². The number of allylic oxidation sites excluding steroid dienone is 2. The van der Waals surface area contributed by atoms with Gasteiger partial charge in [-0.3, -0.25) is 0 Å². The van der Waals surface area contributed by atoms with E-state index in [-0.39, 0.29) is 6.54 Å². The molecule has 0 bridgehead atoms. The molecule has 0 atom stereocenters. The first-order valence-electron chi connectivity index (χ1n) is 9.53. The van der Waals surface area contributed by atoms with Gasteiger partial charge in [0, 0.05) is 36.2 Å². The molecule has 1 fully saturated rings. The summed E-state index contributed by atoms with van der Waals surface area (Å²) in [5, 5.41) is 12.8. The minimum atomic E-state index is 0.174. The van der Waals surface area contributed by atoms with Crippen LogP contribution in [0.5, 0.6) is 0 Å². The zero-order valence-corrected chi connectivity index (χ0v) is 15.9. The largest absolute Gasteiger partial charge is 0.387 e. The van der Waals surface area contributed by atoms with E-state index < -0.39 is 0 Å². The summed E-state index contributed by atoms with van der Waals surface area (Å²) >= 11 is 0. The van der Waals surface area contributed by atoms with Gasteiger partial charge in [0.15, 0.2) is 0 Å². The maximum Gasteiger partial charge on any atom is 0.0449 e. The minimum Gasteiger partial charge on any atom is -0.387 e. The van der Waals surface area contributed by atoms with Crippen LogP contribution in [0.4, 0.5) is 10.2 Å². The molecule has 1 aromatic carbocycles. The van der Waals surface area contributed by atoms with E-state index in [2.05, 4.69) is 46.9 Å². The Balaban J connectivity index is 0.00000117. The second-order valence-electron chi connectivity index (χ2n) is 6.15. The smallest absolute Gasteiger partial charge is 0.0449 e. The standard InChI is InChI=1S/C19H25FN4.C2H6/c1-2-14(4-10-23-20)16-11-15-3-7-22-13-18(15)19(12-16)24-17-5-8-21-9-6-17;1-2/h2-4,11-13,17,21-24H,1,5-10H2;1-2H3/b14-4+;. The lowest BCUT2D eigenvalue weighted by Crippen LogP contribution is -2.40. The lowest BCUT2D eigenvalue weighted by atomic mass is 10.00. The maximum absolute atomic E-state index is 12.3. The third-order valence-electron chi connectivity index (χ3n) is 4.55. The Morgan fingerprint density at radius 2 is 2.08 bits per heavy atom. The van der Waals surface area contributed by atoms with E-state index in [0.717, 1.165) is 49.3 Å². The minimum absolute atomic E-state index is 0.174. The van der Waals surface area contributed by atoms with Crippen LogP contribution in [0, 0.1) is 0 Å². The Hall–Kier alpha value is -2.11. The SMILES string of the molecule is C=C/C(=C\CNF)c1cc(NC2CCNCC2)c2c(c1)=CCNC=2.CC. The Kier molecular flexibility index (Phi) is 8.38. The molecule has 142 valence electrons. The normalized spacial score (nSPS) is 16.8. The molecule has 1 aromatic rings. The molecule has 0 unspecified atom stereocenters. The fourth-order valence-electron chi connectivity index (χ4n) is 3.28. The van der Waals surface area contributed by atoms with Crippen LogP contribution in [0.3, 0.4) is 0 Å². The lowest BCUT2D eigenvalue weighted by molar-refractivity contribution is 0.357. The highest BCUT2D eigenvalue weighted by molar-refractivity contribution is 5.76. The predicted octanol–water partition coefficient (Wildman–Crippen LogP) is 2.04. The van der Waals surface area contributed by atoms with Crippen molar-refractivity contribution in [1.29, 1.82) is 0 Å². The van der Waals surface area contributed by atoms with E-state index in [4.69, 9.17) is 0 Å². The second-order valence-corrected chi connectivity index (χ2v) is 6.15. The molecular formula is C21H31FN4. The first-order chi connectivity index (χ1) is 12.8. The molecular weight excluding hydrogens is 327 g/mol. The average molecular weight is 359 g/mol. The van der Waals surface area contributed by atoms with Gasteiger partial charge in [-0.2, -0.15) is 5.54 Å². The highest BCUT2D eigenvalue weighted by Gasteiger charge is 2.14. The number of halogens is 1. The molecule has 0 radical (unpaired) electrons. The number of fused-ring (bicyclic) bond motifs is 1. The van der Waals surface area contributed by atoms with Crippen LogP contribution >= 0.6 is 0 Å². The van der Waals surface area contributed by atoms with Gasteiger partial charge in [-0.15, -0.1) is 4.48 Å². The van der Waals surface area contributed by atoms with Gasteiger partial charge >= 0.3 is 0 Å². The van der Waals surface area contributed by atoms with E-state index in [1.807, 2.05) is 19.9 Å². The summed E-state index contributed by atoms with van der Waals surface area (Å²) < 4.78 is 12.3. The third-order valence-corrected chi connectivity index (χ3v) is 4.55. The van der Waals surface area contributed by atoms with Crippen molar-refractivity contribution in [1.82, 2.24) is 16.2 Å². The lowest BCUT2D eigenvalue weighted by Gasteiger charge is -2.25. The third kappa shape index (κ3) is 5.19. The first-order valence-corrected chi connectivity index (χ1v) is 9.53. The van der Waals surface area contributed by atoms with Crippen molar-refractivity contribution in [2.45, 2.75) is 32.7 Å². The Morgan fingerprint density at radius 3 is 2.77 bits per heavy atom. The number of piperidine rings is 1. The predicted molar refractivity (Wildman–Crippen MR) is 111 cm³/mol. The summed E-state index contributed by atoms with van der Waals surface area (Å²) in [5.74, 6) is 0. The number of hydrogen-bond acceptors (Lipinski definition) is 4. The van der Waals surface area contributed by atoms with Crippen molar-refractivity contribution < 1.29 is 4.48 Å². The number of hydrogen-bond donors (Lipinski definition) is 4.